The van der Waals surface area contributed by atoms with Gasteiger partial charge < -0.3 is 4.52 Å². The highest BCUT2D eigenvalue weighted by atomic mass is 35.5. The van der Waals surface area contributed by atoms with Crippen LogP contribution < -0.4 is 0 Å². The second-order valence-corrected chi connectivity index (χ2v) is 3.32. The first-order chi connectivity index (χ1) is 6.79. The topological polar surface area (TPSA) is 38.9 Å². The maximum atomic E-state index is 5.85. The molecule has 2 rings (SSSR count). The van der Waals surface area contributed by atoms with E-state index in [4.69, 9.17) is 16.1 Å². The lowest BCUT2D eigenvalue weighted by Crippen LogP contribution is -1.82. The van der Waals surface area contributed by atoms with Crippen LogP contribution in [0.3, 0.4) is 0 Å². The van der Waals surface area contributed by atoms with Crippen LogP contribution in [0.4, 0.5) is 0 Å². The van der Waals surface area contributed by atoms with Gasteiger partial charge in [0.25, 0.3) is 5.89 Å². The van der Waals surface area contributed by atoms with Crippen LogP contribution in [0, 0.1) is 0 Å². The first-order valence-corrected chi connectivity index (χ1v) is 4.76. The highest BCUT2D eigenvalue weighted by molar-refractivity contribution is 6.30. The summed E-state index contributed by atoms with van der Waals surface area (Å²) in [7, 11) is 0. The number of hydrogen-bond donors (Lipinski definition) is 0. The van der Waals surface area contributed by atoms with Crippen LogP contribution in [0.1, 0.15) is 12.7 Å². The van der Waals surface area contributed by atoms with Crippen LogP contribution in [0.15, 0.2) is 28.8 Å². The third kappa shape index (κ3) is 1.77. The minimum absolute atomic E-state index is 0.518. The summed E-state index contributed by atoms with van der Waals surface area (Å²) in [5, 5.41) is 4.48. The van der Waals surface area contributed by atoms with E-state index in [1.54, 1.807) is 6.07 Å². The van der Waals surface area contributed by atoms with Crippen LogP contribution >= 0.6 is 11.6 Å². The number of aryl methyl sites for hydroxylation is 1. The van der Waals surface area contributed by atoms with Gasteiger partial charge in [-0.25, -0.2) is 0 Å². The number of benzene rings is 1. The molecular weight excluding hydrogens is 200 g/mol. The number of halogens is 1. The second-order valence-electron chi connectivity index (χ2n) is 2.88. The van der Waals surface area contributed by atoms with Crippen LogP contribution in [-0.4, -0.2) is 10.1 Å². The van der Waals surface area contributed by atoms with Crippen molar-refractivity contribution >= 4 is 11.6 Å². The Hall–Kier alpha value is -1.35. The van der Waals surface area contributed by atoms with Crippen molar-refractivity contribution in [1.29, 1.82) is 0 Å². The van der Waals surface area contributed by atoms with E-state index in [9.17, 15) is 0 Å². The molecule has 0 aliphatic carbocycles. The van der Waals surface area contributed by atoms with Crippen molar-refractivity contribution in [2.45, 2.75) is 13.3 Å². The molecule has 0 N–H and O–H groups in total. The van der Waals surface area contributed by atoms with Crippen LogP contribution in [0.5, 0.6) is 0 Å². The molecule has 2 aromatic rings. The maximum absolute atomic E-state index is 5.85. The van der Waals surface area contributed by atoms with Crippen molar-refractivity contribution in [3.63, 3.8) is 0 Å². The van der Waals surface area contributed by atoms with Gasteiger partial charge in [0.1, 0.15) is 0 Å². The highest BCUT2D eigenvalue weighted by Crippen LogP contribution is 2.20. The largest absolute Gasteiger partial charge is 0.334 e. The summed E-state index contributed by atoms with van der Waals surface area (Å²) in [5.41, 5.74) is 0.852. The monoisotopic (exact) mass is 208 g/mol. The van der Waals surface area contributed by atoms with Crippen molar-refractivity contribution in [3.05, 3.63) is 35.1 Å². The lowest BCUT2D eigenvalue weighted by atomic mass is 10.2. The van der Waals surface area contributed by atoms with Gasteiger partial charge in [-0.3, -0.25) is 0 Å². The molecule has 0 aliphatic rings. The zero-order valence-corrected chi connectivity index (χ0v) is 8.45. The average Bonchev–Trinajstić information content (AvgIpc) is 2.66. The van der Waals surface area contributed by atoms with Gasteiger partial charge in [0.15, 0.2) is 5.82 Å². The van der Waals surface area contributed by atoms with Gasteiger partial charge in [0.2, 0.25) is 0 Å². The Kier molecular flexibility index (Phi) is 2.50. The summed E-state index contributed by atoms with van der Waals surface area (Å²) >= 11 is 5.85. The zero-order chi connectivity index (χ0) is 9.97. The predicted molar refractivity (Wildman–Crippen MR) is 54.1 cm³/mol. The molecule has 1 aromatic carbocycles. The Balaban J connectivity index is 2.39. The van der Waals surface area contributed by atoms with E-state index >= 15 is 0 Å². The molecule has 0 saturated heterocycles. The summed E-state index contributed by atoms with van der Waals surface area (Å²) in [6, 6.07) is 7.35. The Labute approximate surface area is 86.7 Å². The molecule has 0 saturated carbocycles. The summed E-state index contributed by atoms with van der Waals surface area (Å²) in [5.74, 6) is 1.23. The van der Waals surface area contributed by atoms with Gasteiger partial charge in [-0.1, -0.05) is 29.7 Å². The molecule has 72 valence electrons. The second kappa shape index (κ2) is 3.80. The summed E-state index contributed by atoms with van der Waals surface area (Å²) < 4.78 is 5.08. The molecule has 0 spiro atoms. The minimum Gasteiger partial charge on any atom is -0.334 e. The lowest BCUT2D eigenvalue weighted by Gasteiger charge is -1.93. The number of hydrogen-bond acceptors (Lipinski definition) is 3. The van der Waals surface area contributed by atoms with E-state index < -0.39 is 0 Å². The van der Waals surface area contributed by atoms with Gasteiger partial charge in [-0.2, -0.15) is 4.98 Å². The first kappa shape index (κ1) is 9.21. The molecule has 0 unspecified atom stereocenters. The van der Waals surface area contributed by atoms with E-state index in [0.29, 0.717) is 16.7 Å². The highest BCUT2D eigenvalue weighted by Gasteiger charge is 2.06. The zero-order valence-electron chi connectivity index (χ0n) is 7.70. The molecule has 4 heteroatoms. The number of rotatable bonds is 2. The normalized spacial score (nSPS) is 10.4. The molecule has 0 atom stereocenters. The third-order valence-electron chi connectivity index (χ3n) is 1.86. The molecule has 0 bridgehead atoms. The molecule has 14 heavy (non-hydrogen) atoms. The molecule has 0 amide bonds. The SMILES string of the molecule is CCc1noc(-c2cccc(Cl)c2)n1. The maximum Gasteiger partial charge on any atom is 0.257 e. The summed E-state index contributed by atoms with van der Waals surface area (Å²) in [6.07, 6.45) is 0.768. The van der Waals surface area contributed by atoms with Crippen molar-refractivity contribution in [2.24, 2.45) is 0 Å². The Morgan fingerprint density at radius 3 is 2.93 bits per heavy atom. The molecular formula is C10H9ClN2O. The molecule has 1 aromatic heterocycles. The summed E-state index contributed by atoms with van der Waals surface area (Å²) in [4.78, 5) is 4.20. The molecule has 0 aliphatic heterocycles. The minimum atomic E-state index is 0.518. The fraction of sp³-hybridized carbons (Fsp3) is 0.200. The van der Waals surface area contributed by atoms with E-state index in [1.807, 2.05) is 25.1 Å². The van der Waals surface area contributed by atoms with E-state index in [-0.39, 0.29) is 0 Å². The first-order valence-electron chi connectivity index (χ1n) is 4.38. The van der Waals surface area contributed by atoms with E-state index in [1.165, 1.54) is 0 Å². The fourth-order valence-electron chi connectivity index (χ4n) is 1.14. The lowest BCUT2D eigenvalue weighted by molar-refractivity contribution is 0.423. The molecule has 1 heterocycles. The van der Waals surface area contributed by atoms with E-state index in [0.717, 1.165) is 12.0 Å². The third-order valence-corrected chi connectivity index (χ3v) is 2.09. The molecule has 0 radical (unpaired) electrons. The van der Waals surface area contributed by atoms with Crippen molar-refractivity contribution < 1.29 is 4.52 Å². The van der Waals surface area contributed by atoms with Crippen molar-refractivity contribution in [2.75, 3.05) is 0 Å². The summed E-state index contributed by atoms with van der Waals surface area (Å²) in [6.45, 7) is 1.98. The van der Waals surface area contributed by atoms with Gasteiger partial charge in [0.05, 0.1) is 0 Å². The fourth-order valence-corrected chi connectivity index (χ4v) is 1.33. The van der Waals surface area contributed by atoms with Gasteiger partial charge in [-0.15, -0.1) is 0 Å². The van der Waals surface area contributed by atoms with Crippen LogP contribution in [0.2, 0.25) is 5.02 Å². The quantitative estimate of drug-likeness (QED) is 0.762. The Bertz CT molecular complexity index is 439. The van der Waals surface area contributed by atoms with Gasteiger partial charge in [0, 0.05) is 17.0 Å². The number of aromatic nitrogens is 2. The Morgan fingerprint density at radius 2 is 2.29 bits per heavy atom. The van der Waals surface area contributed by atoms with Gasteiger partial charge >= 0.3 is 0 Å². The van der Waals surface area contributed by atoms with Crippen molar-refractivity contribution in [3.8, 4) is 11.5 Å². The number of nitrogens with zero attached hydrogens (tertiary/aromatic N) is 2. The molecule has 3 nitrogen and oxygen atoms in total. The van der Waals surface area contributed by atoms with Crippen LogP contribution in [0.25, 0.3) is 11.5 Å². The predicted octanol–water partition coefficient (Wildman–Crippen LogP) is 2.95. The smallest absolute Gasteiger partial charge is 0.257 e. The Morgan fingerprint density at radius 1 is 1.43 bits per heavy atom. The van der Waals surface area contributed by atoms with Crippen LogP contribution in [-0.2, 0) is 6.42 Å². The van der Waals surface area contributed by atoms with Crippen molar-refractivity contribution in [1.82, 2.24) is 10.1 Å². The van der Waals surface area contributed by atoms with E-state index in [2.05, 4.69) is 10.1 Å². The standard InChI is InChI=1S/C10H9ClN2O/c1-2-9-12-10(14-13-9)7-4-3-5-8(11)6-7/h3-6H,2H2,1H3. The average molecular weight is 209 g/mol. The molecule has 0 fully saturated rings. The van der Waals surface area contributed by atoms with Gasteiger partial charge in [-0.05, 0) is 18.2 Å².